The number of ether oxygens (including phenoxy) is 2. The van der Waals surface area contributed by atoms with Crippen molar-refractivity contribution in [2.24, 2.45) is 4.99 Å². The molecule has 3 aliphatic heterocycles. The highest BCUT2D eigenvalue weighted by Gasteiger charge is 2.49. The Balaban J connectivity index is 1.82. The van der Waals surface area contributed by atoms with Crippen molar-refractivity contribution in [1.82, 2.24) is 4.90 Å². The number of halogens is 9. The zero-order chi connectivity index (χ0) is 22.8. The topological polar surface area (TPSA) is 34.1 Å². The smallest absolute Gasteiger partial charge is 0.419 e. The molecule has 0 radical (unpaired) electrons. The van der Waals surface area contributed by atoms with Crippen molar-refractivity contribution in [2.75, 3.05) is 13.2 Å². The molecule has 4 rings (SSSR count). The lowest BCUT2D eigenvalue weighted by molar-refractivity contribution is -0.140. The summed E-state index contributed by atoms with van der Waals surface area (Å²) in [6.07, 6.45) is -8.92. The molecule has 0 aliphatic carbocycles. The van der Waals surface area contributed by atoms with E-state index < -0.39 is 71.8 Å². The number of nitrogens with zero attached hydrogens (tertiary/aromatic N) is 2. The quantitative estimate of drug-likeness (QED) is 0.594. The number of fused-ring (bicyclic) bond motifs is 3. The van der Waals surface area contributed by atoms with Gasteiger partial charge in [-0.15, -0.1) is 0 Å². The molecule has 1 unspecified atom stereocenters. The predicted octanol–water partition coefficient (Wildman–Crippen LogP) is 4.87. The molecule has 1 spiro atoms. The predicted molar refractivity (Wildman–Crippen MR) is 86.2 cm³/mol. The minimum absolute atomic E-state index is 0.0375. The lowest BCUT2D eigenvalue weighted by Gasteiger charge is -2.34. The Hall–Kier alpha value is -2.70. The number of rotatable bonds is 2. The molecule has 0 fully saturated rings. The first-order chi connectivity index (χ1) is 14.3. The Kier molecular flexibility index (Phi) is 4.79. The largest absolute Gasteiger partial charge is 0.431 e. The van der Waals surface area contributed by atoms with Gasteiger partial charge < -0.3 is 14.4 Å². The summed E-state index contributed by atoms with van der Waals surface area (Å²) in [5, 5.41) is 0. The maximum atomic E-state index is 14.6. The molecule has 1 aromatic rings. The summed E-state index contributed by atoms with van der Waals surface area (Å²) in [5.74, 6) is -2.86. The molecule has 0 amide bonds. The van der Waals surface area contributed by atoms with Crippen LogP contribution in [0.5, 0.6) is 0 Å². The van der Waals surface area contributed by atoms with Crippen LogP contribution >= 0.6 is 0 Å². The van der Waals surface area contributed by atoms with Gasteiger partial charge in [0.15, 0.2) is 11.6 Å². The fraction of sp³-hybridized carbons (Fsp3) is 0.389. The zero-order valence-corrected chi connectivity index (χ0v) is 15.1. The van der Waals surface area contributed by atoms with Gasteiger partial charge in [0.2, 0.25) is 0 Å². The minimum Gasteiger partial charge on any atom is -0.431 e. The summed E-state index contributed by atoms with van der Waals surface area (Å²) < 4.78 is 128. The first-order valence-electron chi connectivity index (χ1n) is 8.61. The van der Waals surface area contributed by atoms with E-state index >= 15 is 0 Å². The van der Waals surface area contributed by atoms with Crippen LogP contribution in [0.15, 0.2) is 40.7 Å². The first kappa shape index (κ1) is 21.5. The van der Waals surface area contributed by atoms with Crippen LogP contribution in [0, 0.1) is 5.82 Å². The van der Waals surface area contributed by atoms with Crippen molar-refractivity contribution >= 4 is 5.84 Å². The SMILES string of the molecule is Fc1c(C(F)(F)F)ccc2c1COCC21CN2C=C(C(F)(F)F)C=C(OC(F)F)C2=N1. The van der Waals surface area contributed by atoms with E-state index in [9.17, 15) is 39.5 Å². The van der Waals surface area contributed by atoms with E-state index in [4.69, 9.17) is 4.74 Å². The zero-order valence-electron chi connectivity index (χ0n) is 15.1. The molecule has 0 N–H and O–H groups in total. The number of allylic oxidation sites excluding steroid dienone is 2. The number of hydrogen-bond donors (Lipinski definition) is 0. The number of amidine groups is 1. The number of benzene rings is 1. The second-order valence-corrected chi connectivity index (χ2v) is 7.01. The Bertz CT molecular complexity index is 1010. The average Bonchev–Trinajstić information content (AvgIpc) is 2.99. The van der Waals surface area contributed by atoms with Gasteiger partial charge in [0.1, 0.15) is 11.4 Å². The molecule has 3 aliphatic rings. The van der Waals surface area contributed by atoms with Gasteiger partial charge in [-0.05, 0) is 17.7 Å². The summed E-state index contributed by atoms with van der Waals surface area (Å²) >= 11 is 0. The Morgan fingerprint density at radius 3 is 2.42 bits per heavy atom. The lowest BCUT2D eigenvalue weighted by atomic mass is 9.85. The van der Waals surface area contributed by atoms with E-state index in [1.54, 1.807) is 0 Å². The standard InChI is InChI=1S/C18H11F9N2O2/c19-13-9-5-30-7-16(10(9)1-2-11(13)18(25,26)27)6-29-4-8(17(22,23)24)3-12(14(29)28-16)31-15(20)21/h1-4,15H,5-7H2. The third kappa shape index (κ3) is 3.64. The van der Waals surface area contributed by atoms with Crippen molar-refractivity contribution in [2.45, 2.75) is 31.1 Å². The van der Waals surface area contributed by atoms with Crippen molar-refractivity contribution < 1.29 is 49.0 Å². The van der Waals surface area contributed by atoms with E-state index in [1.165, 1.54) is 0 Å². The molecule has 1 aromatic carbocycles. The van der Waals surface area contributed by atoms with Crippen LogP contribution in [0.25, 0.3) is 0 Å². The van der Waals surface area contributed by atoms with Gasteiger partial charge in [-0.25, -0.2) is 9.38 Å². The number of aliphatic imine (C=N–C) groups is 1. The van der Waals surface area contributed by atoms with Crippen molar-refractivity contribution in [3.05, 3.63) is 58.2 Å². The monoisotopic (exact) mass is 458 g/mol. The molecule has 1 atom stereocenters. The highest BCUT2D eigenvalue weighted by Crippen LogP contribution is 2.45. The number of hydrogen-bond acceptors (Lipinski definition) is 4. The van der Waals surface area contributed by atoms with E-state index in [1.807, 2.05) is 0 Å². The molecule has 31 heavy (non-hydrogen) atoms. The second-order valence-electron chi connectivity index (χ2n) is 7.01. The van der Waals surface area contributed by atoms with Gasteiger partial charge in [0.25, 0.3) is 0 Å². The van der Waals surface area contributed by atoms with Gasteiger partial charge >= 0.3 is 19.0 Å². The summed E-state index contributed by atoms with van der Waals surface area (Å²) in [5.41, 5.74) is -4.93. The van der Waals surface area contributed by atoms with Crippen LogP contribution in [0.4, 0.5) is 39.5 Å². The molecule has 0 saturated carbocycles. The van der Waals surface area contributed by atoms with Gasteiger partial charge in [0, 0.05) is 11.8 Å². The van der Waals surface area contributed by atoms with Crippen LogP contribution in [-0.4, -0.2) is 36.7 Å². The van der Waals surface area contributed by atoms with Crippen LogP contribution < -0.4 is 0 Å². The third-order valence-electron chi connectivity index (χ3n) is 5.01. The number of alkyl halides is 8. The van der Waals surface area contributed by atoms with Crippen LogP contribution in [0.1, 0.15) is 16.7 Å². The summed E-state index contributed by atoms with van der Waals surface area (Å²) in [7, 11) is 0. The van der Waals surface area contributed by atoms with Crippen LogP contribution in [-0.2, 0) is 27.8 Å². The highest BCUT2D eigenvalue weighted by atomic mass is 19.4. The average molecular weight is 458 g/mol. The van der Waals surface area contributed by atoms with Gasteiger partial charge in [-0.3, -0.25) is 0 Å². The fourth-order valence-electron chi connectivity index (χ4n) is 3.75. The normalized spacial score (nSPS) is 23.4. The molecule has 4 nitrogen and oxygen atoms in total. The summed E-state index contributed by atoms with van der Waals surface area (Å²) in [6.45, 7) is -4.70. The molecule has 13 heteroatoms. The molecule has 0 saturated heterocycles. The van der Waals surface area contributed by atoms with Crippen molar-refractivity contribution in [3.8, 4) is 0 Å². The van der Waals surface area contributed by atoms with Gasteiger partial charge in [-0.1, -0.05) is 6.07 Å². The maximum Gasteiger partial charge on any atom is 0.419 e. The molecular weight excluding hydrogens is 447 g/mol. The Morgan fingerprint density at radius 1 is 1.10 bits per heavy atom. The fourth-order valence-corrected chi connectivity index (χ4v) is 3.75. The lowest BCUT2D eigenvalue weighted by Crippen LogP contribution is -2.40. The highest BCUT2D eigenvalue weighted by molar-refractivity contribution is 6.00. The molecule has 0 bridgehead atoms. The summed E-state index contributed by atoms with van der Waals surface area (Å²) in [6, 6.07) is 1.47. The Morgan fingerprint density at radius 2 is 1.81 bits per heavy atom. The maximum absolute atomic E-state index is 14.6. The van der Waals surface area contributed by atoms with E-state index in [2.05, 4.69) is 9.73 Å². The van der Waals surface area contributed by atoms with Crippen LogP contribution in [0.3, 0.4) is 0 Å². The first-order valence-corrected chi connectivity index (χ1v) is 8.61. The van der Waals surface area contributed by atoms with Gasteiger partial charge in [-0.2, -0.15) is 35.1 Å². The van der Waals surface area contributed by atoms with Crippen molar-refractivity contribution in [3.63, 3.8) is 0 Å². The molecular formula is C18H11F9N2O2. The molecule has 0 aromatic heterocycles. The van der Waals surface area contributed by atoms with E-state index in [0.29, 0.717) is 18.3 Å². The molecule has 168 valence electrons. The van der Waals surface area contributed by atoms with Crippen molar-refractivity contribution in [1.29, 1.82) is 0 Å². The summed E-state index contributed by atoms with van der Waals surface area (Å²) in [4.78, 5) is 5.04. The van der Waals surface area contributed by atoms with E-state index in [0.717, 1.165) is 11.0 Å². The third-order valence-corrected chi connectivity index (χ3v) is 5.01. The molecule has 3 heterocycles. The van der Waals surface area contributed by atoms with Gasteiger partial charge in [0.05, 0.1) is 30.9 Å². The van der Waals surface area contributed by atoms with E-state index in [-0.39, 0.29) is 12.2 Å². The minimum atomic E-state index is -4.98. The van der Waals surface area contributed by atoms with Crippen LogP contribution in [0.2, 0.25) is 0 Å². The Labute approximate surface area is 168 Å². The second kappa shape index (κ2) is 6.90.